The lowest BCUT2D eigenvalue weighted by molar-refractivity contribution is 0.0221. The summed E-state index contributed by atoms with van der Waals surface area (Å²) in [6.07, 6.45) is 0. The molecule has 0 aromatic heterocycles. The molecule has 2 aliphatic heterocycles. The minimum absolute atomic E-state index is 0.216. The Labute approximate surface area is 117 Å². The summed E-state index contributed by atoms with van der Waals surface area (Å²) >= 11 is 0. The smallest absolute Gasteiger partial charge is 0.260 e. The van der Waals surface area contributed by atoms with E-state index in [4.69, 9.17) is 0 Å². The monoisotopic (exact) mass is 279 g/mol. The fourth-order valence-electron chi connectivity index (χ4n) is 2.78. The molecule has 20 heavy (non-hydrogen) atoms. The highest BCUT2D eigenvalue weighted by Gasteiger charge is 2.37. The molecule has 0 atom stereocenters. The van der Waals surface area contributed by atoms with Gasteiger partial charge in [0.2, 0.25) is 0 Å². The van der Waals surface area contributed by atoms with Crippen molar-refractivity contribution in [2.24, 2.45) is 0 Å². The van der Waals surface area contributed by atoms with Gasteiger partial charge in [0.15, 0.2) is 0 Å². The number of benzene rings is 1. The number of carbonyl (C=O) groups is 1. The molecule has 2 heterocycles. The van der Waals surface area contributed by atoms with E-state index in [1.165, 1.54) is 18.2 Å². The van der Waals surface area contributed by atoms with E-state index in [9.17, 15) is 14.3 Å². The second kappa shape index (κ2) is 5.38. The molecule has 1 aromatic carbocycles. The highest BCUT2D eigenvalue weighted by Crippen LogP contribution is 2.25. The maximum atomic E-state index is 13.6. The summed E-state index contributed by atoms with van der Waals surface area (Å²) in [6.45, 7) is 5.12. The van der Waals surface area contributed by atoms with E-state index in [1.54, 1.807) is 4.90 Å². The molecule has 1 amide bonds. The molecule has 2 saturated heterocycles. The molecule has 5 nitrogen and oxygen atoms in total. The molecule has 0 saturated carbocycles. The number of nitrogens with one attached hydrogen (secondary N) is 1. The highest BCUT2D eigenvalue weighted by molar-refractivity contribution is 5.97. The molecule has 0 spiro atoms. The number of aromatic hydroxyl groups is 1. The molecule has 108 valence electrons. The number of hydrogen-bond acceptors (Lipinski definition) is 4. The lowest BCUT2D eigenvalue weighted by Gasteiger charge is -2.46. The summed E-state index contributed by atoms with van der Waals surface area (Å²) in [5.41, 5.74) is -0.216. The van der Waals surface area contributed by atoms with Gasteiger partial charge in [-0.2, -0.15) is 0 Å². The van der Waals surface area contributed by atoms with Crippen molar-refractivity contribution in [2.45, 2.75) is 6.04 Å². The SMILES string of the molecule is O=C(c1c(O)cccc1F)N1CC(N2CCNCC2)C1. The summed E-state index contributed by atoms with van der Waals surface area (Å²) < 4.78 is 13.6. The topological polar surface area (TPSA) is 55.8 Å². The zero-order valence-electron chi connectivity index (χ0n) is 11.2. The quantitative estimate of drug-likeness (QED) is 0.815. The molecule has 0 radical (unpaired) electrons. The Morgan fingerprint density at radius 3 is 2.65 bits per heavy atom. The highest BCUT2D eigenvalue weighted by atomic mass is 19.1. The first-order valence-electron chi connectivity index (χ1n) is 6.88. The van der Waals surface area contributed by atoms with E-state index in [-0.39, 0.29) is 11.3 Å². The van der Waals surface area contributed by atoms with Crippen molar-refractivity contribution < 1.29 is 14.3 Å². The third-order valence-corrected chi connectivity index (χ3v) is 4.02. The van der Waals surface area contributed by atoms with Gasteiger partial charge in [-0.3, -0.25) is 9.69 Å². The van der Waals surface area contributed by atoms with Crippen LogP contribution in [0.1, 0.15) is 10.4 Å². The zero-order chi connectivity index (χ0) is 14.1. The Bertz CT molecular complexity index is 491. The van der Waals surface area contributed by atoms with E-state index in [0.717, 1.165) is 26.2 Å². The van der Waals surface area contributed by atoms with Gasteiger partial charge < -0.3 is 15.3 Å². The molecule has 0 aliphatic carbocycles. The summed E-state index contributed by atoms with van der Waals surface area (Å²) in [7, 11) is 0. The van der Waals surface area contributed by atoms with Gasteiger partial charge in [-0.05, 0) is 12.1 Å². The summed E-state index contributed by atoms with van der Waals surface area (Å²) in [4.78, 5) is 16.1. The predicted octanol–water partition coefficient (Wildman–Crippen LogP) is 0.261. The third kappa shape index (κ3) is 2.36. The standard InChI is InChI=1S/C14H18FN3O2/c15-11-2-1-3-12(19)13(11)14(20)18-8-10(9-18)17-6-4-16-5-7-17/h1-3,10,16,19H,4-9H2. The first-order valence-corrected chi connectivity index (χ1v) is 6.88. The van der Waals surface area contributed by atoms with E-state index < -0.39 is 11.7 Å². The van der Waals surface area contributed by atoms with Gasteiger partial charge >= 0.3 is 0 Å². The summed E-state index contributed by atoms with van der Waals surface area (Å²) in [5, 5.41) is 12.9. The largest absolute Gasteiger partial charge is 0.507 e. The van der Waals surface area contributed by atoms with Crippen LogP contribution in [0.25, 0.3) is 0 Å². The normalized spacial score (nSPS) is 20.8. The van der Waals surface area contributed by atoms with Crippen molar-refractivity contribution in [3.8, 4) is 5.75 Å². The van der Waals surface area contributed by atoms with Gasteiger partial charge in [0.05, 0.1) is 0 Å². The number of amides is 1. The number of likely N-dealkylation sites (tertiary alicyclic amines) is 1. The molecule has 2 aliphatic rings. The van der Waals surface area contributed by atoms with Crippen LogP contribution < -0.4 is 5.32 Å². The van der Waals surface area contributed by atoms with Crippen LogP contribution in [0.4, 0.5) is 4.39 Å². The van der Waals surface area contributed by atoms with Crippen molar-refractivity contribution in [1.82, 2.24) is 15.1 Å². The van der Waals surface area contributed by atoms with Crippen LogP contribution >= 0.6 is 0 Å². The van der Waals surface area contributed by atoms with Crippen molar-refractivity contribution in [3.63, 3.8) is 0 Å². The molecule has 2 N–H and O–H groups in total. The molecule has 1 aromatic rings. The molecule has 0 unspecified atom stereocenters. The van der Waals surface area contributed by atoms with Crippen LogP contribution in [-0.4, -0.2) is 66.1 Å². The number of phenolic OH excluding ortho intramolecular Hbond substituents is 1. The molecule has 6 heteroatoms. The second-order valence-corrected chi connectivity index (χ2v) is 5.28. The Hall–Kier alpha value is -1.66. The van der Waals surface area contributed by atoms with Gasteiger partial charge in [-0.1, -0.05) is 6.07 Å². The van der Waals surface area contributed by atoms with Crippen LogP contribution in [0.15, 0.2) is 18.2 Å². The number of halogens is 1. The maximum Gasteiger partial charge on any atom is 0.260 e. The fourth-order valence-corrected chi connectivity index (χ4v) is 2.78. The number of phenols is 1. The molecule has 2 fully saturated rings. The van der Waals surface area contributed by atoms with Gasteiger partial charge in [-0.15, -0.1) is 0 Å². The van der Waals surface area contributed by atoms with E-state index >= 15 is 0 Å². The summed E-state index contributed by atoms with van der Waals surface area (Å²) in [6, 6.07) is 4.28. The number of hydrogen-bond donors (Lipinski definition) is 2. The minimum Gasteiger partial charge on any atom is -0.507 e. The minimum atomic E-state index is -0.666. The van der Waals surface area contributed by atoms with E-state index in [1.807, 2.05) is 0 Å². The zero-order valence-corrected chi connectivity index (χ0v) is 11.2. The van der Waals surface area contributed by atoms with Crippen molar-refractivity contribution in [3.05, 3.63) is 29.6 Å². The Morgan fingerprint density at radius 2 is 2.00 bits per heavy atom. The second-order valence-electron chi connectivity index (χ2n) is 5.28. The summed E-state index contributed by atoms with van der Waals surface area (Å²) in [5.74, 6) is -1.38. The predicted molar refractivity (Wildman–Crippen MR) is 72.2 cm³/mol. The molecule has 0 bridgehead atoms. The van der Waals surface area contributed by atoms with Gasteiger partial charge in [0.25, 0.3) is 5.91 Å². The van der Waals surface area contributed by atoms with Crippen LogP contribution in [0, 0.1) is 5.82 Å². The molecular weight excluding hydrogens is 261 g/mol. The fraction of sp³-hybridized carbons (Fsp3) is 0.500. The van der Waals surface area contributed by atoms with Crippen molar-refractivity contribution >= 4 is 5.91 Å². The number of nitrogens with zero attached hydrogens (tertiary/aromatic N) is 2. The van der Waals surface area contributed by atoms with Gasteiger partial charge in [0.1, 0.15) is 17.1 Å². The van der Waals surface area contributed by atoms with Crippen molar-refractivity contribution in [2.75, 3.05) is 39.3 Å². The van der Waals surface area contributed by atoms with Crippen LogP contribution in [0.2, 0.25) is 0 Å². The Balaban J connectivity index is 1.63. The Morgan fingerprint density at radius 1 is 1.30 bits per heavy atom. The van der Waals surface area contributed by atoms with Gasteiger partial charge in [-0.25, -0.2) is 4.39 Å². The first-order chi connectivity index (χ1) is 9.66. The van der Waals surface area contributed by atoms with E-state index in [0.29, 0.717) is 19.1 Å². The molecular formula is C14H18FN3O2. The van der Waals surface area contributed by atoms with Crippen molar-refractivity contribution in [1.29, 1.82) is 0 Å². The third-order valence-electron chi connectivity index (χ3n) is 4.02. The van der Waals surface area contributed by atoms with Crippen LogP contribution in [0.3, 0.4) is 0 Å². The average Bonchev–Trinajstić information content (AvgIpc) is 2.38. The number of carbonyl (C=O) groups excluding carboxylic acids is 1. The number of rotatable bonds is 2. The lowest BCUT2D eigenvalue weighted by Crippen LogP contribution is -2.63. The molecule has 3 rings (SSSR count). The Kier molecular flexibility index (Phi) is 3.58. The number of piperazine rings is 1. The van der Waals surface area contributed by atoms with Crippen LogP contribution in [0.5, 0.6) is 5.75 Å². The van der Waals surface area contributed by atoms with Gasteiger partial charge in [0, 0.05) is 45.3 Å². The van der Waals surface area contributed by atoms with E-state index in [2.05, 4.69) is 10.2 Å². The lowest BCUT2D eigenvalue weighted by atomic mass is 10.0. The van der Waals surface area contributed by atoms with Crippen LogP contribution in [-0.2, 0) is 0 Å². The first kappa shape index (κ1) is 13.3. The maximum absolute atomic E-state index is 13.6. The average molecular weight is 279 g/mol.